The number of anilines is 1. The van der Waals surface area contributed by atoms with Crippen LogP contribution in [0, 0.1) is 5.82 Å². The number of nitrogens with zero attached hydrogens (tertiary/aromatic N) is 5. The first-order valence-corrected chi connectivity index (χ1v) is 12.8. The van der Waals surface area contributed by atoms with E-state index in [1.54, 1.807) is 13.2 Å². The summed E-state index contributed by atoms with van der Waals surface area (Å²) in [5.41, 5.74) is 4.03. The summed E-state index contributed by atoms with van der Waals surface area (Å²) in [5, 5.41) is 12.4. The average molecular weight is 510 g/mol. The van der Waals surface area contributed by atoms with Gasteiger partial charge >= 0.3 is 0 Å². The van der Waals surface area contributed by atoms with Gasteiger partial charge in [-0.2, -0.15) is 4.80 Å². The van der Waals surface area contributed by atoms with E-state index >= 15 is 4.39 Å². The standard InChI is InChI=1S/C28H36FN5O3/c1-7-18-9-10-21(25(29)20(18)8-2)27-30-32-34(31-27)17-24(35)19-15-22(28(3,4)5)26(36-6)23(16-19)33-11-13-37-14-12-33/h9-10,15-16H,7-8,11-14,17H2,1-6H3. The molecule has 0 unspecified atom stereocenters. The van der Waals surface area contributed by atoms with Crippen LogP contribution in [0.3, 0.4) is 0 Å². The van der Waals surface area contributed by atoms with E-state index in [0.717, 1.165) is 29.0 Å². The van der Waals surface area contributed by atoms with Crippen molar-refractivity contribution in [2.45, 2.75) is 59.4 Å². The van der Waals surface area contributed by atoms with Gasteiger partial charge in [0.1, 0.15) is 18.1 Å². The maximum absolute atomic E-state index is 15.2. The molecule has 198 valence electrons. The monoisotopic (exact) mass is 509 g/mol. The minimum Gasteiger partial charge on any atom is -0.494 e. The van der Waals surface area contributed by atoms with Crippen molar-refractivity contribution >= 4 is 11.5 Å². The SMILES string of the molecule is CCc1ccc(-c2nnn(CC(=O)c3cc(N4CCOCC4)c(OC)c(C(C)(C)C)c3)n2)c(F)c1CC. The smallest absolute Gasteiger partial charge is 0.207 e. The Hall–Kier alpha value is -3.33. The van der Waals surface area contributed by atoms with Gasteiger partial charge in [-0.05, 0) is 52.8 Å². The van der Waals surface area contributed by atoms with E-state index in [1.165, 1.54) is 4.80 Å². The zero-order valence-corrected chi connectivity index (χ0v) is 22.6. The first-order valence-electron chi connectivity index (χ1n) is 12.8. The summed E-state index contributed by atoms with van der Waals surface area (Å²) in [6.07, 6.45) is 1.33. The van der Waals surface area contributed by atoms with Gasteiger partial charge in [0.05, 0.1) is 31.6 Å². The Morgan fingerprint density at radius 3 is 2.49 bits per heavy atom. The summed E-state index contributed by atoms with van der Waals surface area (Å²) in [4.78, 5) is 16.9. The molecule has 4 rings (SSSR count). The molecule has 8 nitrogen and oxygen atoms in total. The van der Waals surface area contributed by atoms with E-state index in [0.29, 0.717) is 49.4 Å². The van der Waals surface area contributed by atoms with Gasteiger partial charge in [0.25, 0.3) is 0 Å². The number of methoxy groups -OCH3 is 1. The van der Waals surface area contributed by atoms with Crippen molar-refractivity contribution in [1.29, 1.82) is 0 Å². The highest BCUT2D eigenvalue weighted by atomic mass is 19.1. The minimum atomic E-state index is -0.326. The fourth-order valence-electron chi connectivity index (χ4n) is 4.77. The molecule has 37 heavy (non-hydrogen) atoms. The van der Waals surface area contributed by atoms with Crippen molar-refractivity contribution in [1.82, 2.24) is 20.2 Å². The third kappa shape index (κ3) is 5.51. The Morgan fingerprint density at radius 1 is 1.14 bits per heavy atom. The quantitative estimate of drug-likeness (QED) is 0.410. The number of aryl methyl sites for hydroxylation is 1. The first kappa shape index (κ1) is 26.7. The Morgan fingerprint density at radius 2 is 1.86 bits per heavy atom. The lowest BCUT2D eigenvalue weighted by Gasteiger charge is -2.33. The topological polar surface area (TPSA) is 82.4 Å². The normalized spacial score (nSPS) is 14.2. The molecule has 0 spiro atoms. The maximum atomic E-state index is 15.2. The van der Waals surface area contributed by atoms with Gasteiger partial charge in [-0.1, -0.05) is 40.7 Å². The predicted molar refractivity (Wildman–Crippen MR) is 141 cm³/mol. The molecule has 0 saturated carbocycles. The van der Waals surface area contributed by atoms with Gasteiger partial charge in [-0.25, -0.2) is 4.39 Å². The molecule has 1 fully saturated rings. The molecule has 0 atom stereocenters. The van der Waals surface area contributed by atoms with Crippen molar-refractivity contribution in [3.8, 4) is 17.1 Å². The molecule has 0 aliphatic carbocycles. The highest BCUT2D eigenvalue weighted by Crippen LogP contribution is 2.40. The Kier molecular flexibility index (Phi) is 7.92. The molecule has 2 aromatic carbocycles. The number of halogens is 1. The van der Waals surface area contributed by atoms with Crippen LogP contribution in [0.15, 0.2) is 24.3 Å². The van der Waals surface area contributed by atoms with Crippen LogP contribution in [0.5, 0.6) is 5.75 Å². The number of hydrogen-bond acceptors (Lipinski definition) is 7. The molecule has 3 aromatic rings. The minimum absolute atomic E-state index is 0.110. The van der Waals surface area contributed by atoms with E-state index < -0.39 is 0 Å². The number of carbonyl (C=O) groups is 1. The van der Waals surface area contributed by atoms with Crippen LogP contribution >= 0.6 is 0 Å². The zero-order valence-electron chi connectivity index (χ0n) is 22.6. The average Bonchev–Trinajstić information content (AvgIpc) is 3.35. The van der Waals surface area contributed by atoms with Crippen LogP contribution in [-0.4, -0.2) is 59.4 Å². The van der Waals surface area contributed by atoms with Crippen LogP contribution in [0.25, 0.3) is 11.4 Å². The van der Waals surface area contributed by atoms with Crippen LogP contribution in [0.1, 0.15) is 61.7 Å². The Balaban J connectivity index is 1.66. The van der Waals surface area contributed by atoms with Crippen molar-refractivity contribution in [3.63, 3.8) is 0 Å². The summed E-state index contributed by atoms with van der Waals surface area (Å²) >= 11 is 0. The number of hydrogen-bond donors (Lipinski definition) is 0. The van der Waals surface area contributed by atoms with Crippen molar-refractivity contribution in [3.05, 3.63) is 52.3 Å². The van der Waals surface area contributed by atoms with Crippen LogP contribution < -0.4 is 9.64 Å². The van der Waals surface area contributed by atoms with Crippen molar-refractivity contribution in [2.75, 3.05) is 38.3 Å². The molecule has 0 amide bonds. The number of aromatic nitrogens is 4. The van der Waals surface area contributed by atoms with E-state index in [2.05, 4.69) is 41.1 Å². The molecule has 9 heteroatoms. The molecule has 1 aliphatic heterocycles. The van der Waals surface area contributed by atoms with Gasteiger partial charge in [0.2, 0.25) is 5.82 Å². The lowest BCUT2D eigenvalue weighted by Crippen LogP contribution is -2.37. The van der Waals surface area contributed by atoms with Gasteiger partial charge in [-0.15, -0.1) is 10.2 Å². The number of carbonyl (C=O) groups excluding carboxylic acids is 1. The summed E-state index contributed by atoms with van der Waals surface area (Å²) in [6.45, 7) is 12.8. The fourth-order valence-corrected chi connectivity index (χ4v) is 4.77. The van der Waals surface area contributed by atoms with Gasteiger partial charge in [0, 0.05) is 24.2 Å². The number of tetrazole rings is 1. The molecular weight excluding hydrogens is 473 g/mol. The number of ether oxygens (including phenoxy) is 2. The summed E-state index contributed by atoms with van der Waals surface area (Å²) in [6, 6.07) is 7.35. The molecule has 0 bridgehead atoms. The zero-order chi connectivity index (χ0) is 26.7. The lowest BCUT2D eigenvalue weighted by atomic mass is 9.84. The molecule has 1 aliphatic rings. The molecular formula is C28H36FN5O3. The Labute approximate surface area is 217 Å². The molecule has 1 saturated heterocycles. The highest BCUT2D eigenvalue weighted by molar-refractivity contribution is 5.97. The largest absolute Gasteiger partial charge is 0.494 e. The Bertz CT molecular complexity index is 1280. The van der Waals surface area contributed by atoms with Crippen LogP contribution in [0.4, 0.5) is 10.1 Å². The van der Waals surface area contributed by atoms with E-state index in [4.69, 9.17) is 9.47 Å². The molecule has 0 radical (unpaired) electrons. The number of rotatable bonds is 8. The number of Topliss-reactive ketones (excluding diaryl/α,β-unsaturated/α-hetero) is 1. The van der Waals surface area contributed by atoms with Crippen molar-refractivity contribution < 1.29 is 18.7 Å². The number of ketones is 1. The lowest BCUT2D eigenvalue weighted by molar-refractivity contribution is 0.0961. The number of benzene rings is 2. The third-order valence-corrected chi connectivity index (χ3v) is 6.81. The van der Waals surface area contributed by atoms with E-state index in [9.17, 15) is 4.79 Å². The third-order valence-electron chi connectivity index (χ3n) is 6.81. The fraction of sp³-hybridized carbons (Fsp3) is 0.500. The van der Waals surface area contributed by atoms with Crippen LogP contribution in [-0.2, 0) is 29.5 Å². The summed E-state index contributed by atoms with van der Waals surface area (Å²) in [5.74, 6) is 0.446. The first-order chi connectivity index (χ1) is 17.7. The molecule has 2 heterocycles. The second-order valence-corrected chi connectivity index (χ2v) is 10.3. The van der Waals surface area contributed by atoms with Crippen LogP contribution in [0.2, 0.25) is 0 Å². The summed E-state index contributed by atoms with van der Waals surface area (Å²) in [7, 11) is 1.66. The molecule has 1 aromatic heterocycles. The number of morpholine rings is 1. The second kappa shape index (κ2) is 11.0. The highest BCUT2D eigenvalue weighted by Gasteiger charge is 2.27. The van der Waals surface area contributed by atoms with Crippen molar-refractivity contribution in [2.24, 2.45) is 0 Å². The van der Waals surface area contributed by atoms with E-state index in [-0.39, 0.29) is 29.4 Å². The molecule has 0 N–H and O–H groups in total. The van der Waals surface area contributed by atoms with Gasteiger partial charge in [0.15, 0.2) is 5.78 Å². The van der Waals surface area contributed by atoms with E-state index in [1.807, 2.05) is 32.0 Å². The predicted octanol–water partition coefficient (Wildman–Crippen LogP) is 4.63. The maximum Gasteiger partial charge on any atom is 0.207 e. The summed E-state index contributed by atoms with van der Waals surface area (Å²) < 4.78 is 26.5. The second-order valence-electron chi connectivity index (χ2n) is 10.3. The van der Waals surface area contributed by atoms with Gasteiger partial charge in [-0.3, -0.25) is 4.79 Å². The van der Waals surface area contributed by atoms with Gasteiger partial charge < -0.3 is 14.4 Å².